The van der Waals surface area contributed by atoms with E-state index >= 15 is 0 Å². The van der Waals surface area contributed by atoms with Gasteiger partial charge in [-0.15, -0.1) is 0 Å². The van der Waals surface area contributed by atoms with Crippen molar-refractivity contribution in [3.63, 3.8) is 0 Å². The first kappa shape index (κ1) is 10.5. The molecule has 0 aliphatic carbocycles. The van der Waals surface area contributed by atoms with Crippen LogP contribution in [0, 0.1) is 13.8 Å². The van der Waals surface area contributed by atoms with E-state index in [0.717, 1.165) is 18.6 Å². The SMILES string of the molecule is CCCC1Oc2cc(C)cc(C)c2C1N. The molecule has 2 unspecified atom stereocenters. The van der Waals surface area contributed by atoms with Gasteiger partial charge >= 0.3 is 0 Å². The molecule has 2 heteroatoms. The zero-order valence-corrected chi connectivity index (χ0v) is 9.71. The molecule has 2 atom stereocenters. The fraction of sp³-hybridized carbons (Fsp3) is 0.538. The molecular weight excluding hydrogens is 186 g/mol. The Bertz CT molecular complexity index is 373. The molecule has 0 radical (unpaired) electrons. The molecule has 1 heterocycles. The van der Waals surface area contributed by atoms with Crippen LogP contribution in [0.5, 0.6) is 5.75 Å². The molecule has 1 aromatic rings. The summed E-state index contributed by atoms with van der Waals surface area (Å²) in [6.07, 6.45) is 2.32. The van der Waals surface area contributed by atoms with Crippen LogP contribution in [-0.4, -0.2) is 6.10 Å². The molecule has 2 rings (SSSR count). The highest BCUT2D eigenvalue weighted by Gasteiger charge is 2.32. The van der Waals surface area contributed by atoms with E-state index in [9.17, 15) is 0 Å². The summed E-state index contributed by atoms with van der Waals surface area (Å²) < 4.78 is 5.90. The number of aryl methyl sites for hydroxylation is 2. The molecule has 0 saturated heterocycles. The summed E-state index contributed by atoms with van der Waals surface area (Å²) in [5, 5.41) is 0. The fourth-order valence-corrected chi connectivity index (χ4v) is 2.41. The van der Waals surface area contributed by atoms with Crippen LogP contribution in [0.4, 0.5) is 0 Å². The van der Waals surface area contributed by atoms with Gasteiger partial charge in [0, 0.05) is 5.56 Å². The highest BCUT2D eigenvalue weighted by Crippen LogP contribution is 2.39. The topological polar surface area (TPSA) is 35.2 Å². The average Bonchev–Trinajstić information content (AvgIpc) is 2.43. The lowest BCUT2D eigenvalue weighted by Gasteiger charge is -2.14. The van der Waals surface area contributed by atoms with Crippen LogP contribution in [-0.2, 0) is 0 Å². The number of benzene rings is 1. The molecule has 0 spiro atoms. The molecule has 0 aromatic heterocycles. The molecule has 1 aliphatic heterocycles. The van der Waals surface area contributed by atoms with Crippen LogP contribution in [0.15, 0.2) is 12.1 Å². The first-order valence-electron chi connectivity index (χ1n) is 5.67. The Labute approximate surface area is 91.4 Å². The highest BCUT2D eigenvalue weighted by atomic mass is 16.5. The van der Waals surface area contributed by atoms with E-state index in [4.69, 9.17) is 10.5 Å². The smallest absolute Gasteiger partial charge is 0.125 e. The quantitative estimate of drug-likeness (QED) is 0.805. The van der Waals surface area contributed by atoms with Crippen LogP contribution >= 0.6 is 0 Å². The van der Waals surface area contributed by atoms with Crippen LogP contribution in [0.3, 0.4) is 0 Å². The summed E-state index contributed by atoms with van der Waals surface area (Å²) in [6.45, 7) is 6.37. The van der Waals surface area contributed by atoms with Crippen molar-refractivity contribution in [1.29, 1.82) is 0 Å². The van der Waals surface area contributed by atoms with Gasteiger partial charge in [0.05, 0.1) is 6.04 Å². The molecular formula is C13H19NO. The minimum absolute atomic E-state index is 0.0561. The minimum atomic E-state index is 0.0561. The molecule has 15 heavy (non-hydrogen) atoms. The Balaban J connectivity index is 2.36. The summed E-state index contributed by atoms with van der Waals surface area (Å²) in [4.78, 5) is 0. The Morgan fingerprint density at radius 2 is 2.07 bits per heavy atom. The largest absolute Gasteiger partial charge is 0.488 e. The maximum Gasteiger partial charge on any atom is 0.125 e. The standard InChI is InChI=1S/C13H19NO/c1-4-5-10-13(14)12-9(3)6-8(2)7-11(12)15-10/h6-7,10,13H,4-5,14H2,1-3H3. The number of hydrogen-bond donors (Lipinski definition) is 1. The van der Waals surface area contributed by atoms with Crippen molar-refractivity contribution >= 4 is 0 Å². The number of fused-ring (bicyclic) bond motifs is 1. The van der Waals surface area contributed by atoms with E-state index in [1.807, 2.05) is 0 Å². The maximum absolute atomic E-state index is 6.20. The monoisotopic (exact) mass is 205 g/mol. The van der Waals surface area contributed by atoms with Crippen molar-refractivity contribution < 1.29 is 4.74 Å². The van der Waals surface area contributed by atoms with Gasteiger partial charge in [-0.25, -0.2) is 0 Å². The van der Waals surface area contributed by atoms with Crippen molar-refractivity contribution in [2.45, 2.75) is 45.8 Å². The molecule has 1 aromatic carbocycles. The van der Waals surface area contributed by atoms with E-state index in [-0.39, 0.29) is 12.1 Å². The number of ether oxygens (including phenoxy) is 1. The van der Waals surface area contributed by atoms with Gasteiger partial charge in [-0.2, -0.15) is 0 Å². The zero-order chi connectivity index (χ0) is 11.0. The molecule has 1 aliphatic rings. The van der Waals surface area contributed by atoms with Crippen LogP contribution in [0.2, 0.25) is 0 Å². The average molecular weight is 205 g/mol. The molecule has 0 amide bonds. The second kappa shape index (κ2) is 3.86. The first-order valence-corrected chi connectivity index (χ1v) is 5.67. The van der Waals surface area contributed by atoms with Crippen molar-refractivity contribution in [3.8, 4) is 5.75 Å². The van der Waals surface area contributed by atoms with Crippen LogP contribution in [0.25, 0.3) is 0 Å². The third kappa shape index (κ3) is 1.74. The molecule has 82 valence electrons. The molecule has 0 fully saturated rings. The highest BCUT2D eigenvalue weighted by molar-refractivity contribution is 5.48. The minimum Gasteiger partial charge on any atom is -0.488 e. The Morgan fingerprint density at radius 1 is 1.33 bits per heavy atom. The summed E-state index contributed by atoms with van der Waals surface area (Å²) in [7, 11) is 0. The lowest BCUT2D eigenvalue weighted by atomic mass is 9.96. The van der Waals surface area contributed by atoms with Gasteiger partial charge in [-0.05, 0) is 37.5 Å². The second-order valence-electron chi connectivity index (χ2n) is 4.46. The number of rotatable bonds is 2. The van der Waals surface area contributed by atoms with Gasteiger partial charge in [-0.1, -0.05) is 19.4 Å². The van der Waals surface area contributed by atoms with Crippen molar-refractivity contribution in [2.24, 2.45) is 5.73 Å². The summed E-state index contributed by atoms with van der Waals surface area (Å²) in [5.74, 6) is 0.999. The zero-order valence-electron chi connectivity index (χ0n) is 9.71. The normalized spacial score (nSPS) is 23.7. The van der Waals surface area contributed by atoms with Crippen molar-refractivity contribution in [1.82, 2.24) is 0 Å². The van der Waals surface area contributed by atoms with E-state index in [0.29, 0.717) is 0 Å². The molecule has 0 saturated carbocycles. The maximum atomic E-state index is 6.20. The van der Waals surface area contributed by atoms with Gasteiger partial charge in [0.15, 0.2) is 0 Å². The predicted octanol–water partition coefficient (Wildman–Crippen LogP) is 2.86. The Hall–Kier alpha value is -1.02. The van der Waals surface area contributed by atoms with Crippen LogP contribution < -0.4 is 10.5 Å². The van der Waals surface area contributed by atoms with E-state index in [1.165, 1.54) is 16.7 Å². The van der Waals surface area contributed by atoms with E-state index in [1.54, 1.807) is 0 Å². The fourth-order valence-electron chi connectivity index (χ4n) is 2.41. The lowest BCUT2D eigenvalue weighted by molar-refractivity contribution is 0.194. The molecule has 2 nitrogen and oxygen atoms in total. The van der Waals surface area contributed by atoms with Gasteiger partial charge in [0.2, 0.25) is 0 Å². The molecule has 0 bridgehead atoms. The summed E-state index contributed by atoms with van der Waals surface area (Å²) in [6, 6.07) is 4.33. The predicted molar refractivity (Wildman–Crippen MR) is 62.2 cm³/mol. The lowest BCUT2D eigenvalue weighted by Crippen LogP contribution is -2.25. The van der Waals surface area contributed by atoms with Gasteiger partial charge in [0.1, 0.15) is 11.9 Å². The van der Waals surface area contributed by atoms with Gasteiger partial charge < -0.3 is 10.5 Å². The third-order valence-electron chi connectivity index (χ3n) is 3.08. The third-order valence-corrected chi connectivity index (χ3v) is 3.08. The Kier molecular flexibility index (Phi) is 2.70. The van der Waals surface area contributed by atoms with Gasteiger partial charge in [0.25, 0.3) is 0 Å². The second-order valence-corrected chi connectivity index (χ2v) is 4.46. The first-order chi connectivity index (χ1) is 7.13. The Morgan fingerprint density at radius 3 is 2.73 bits per heavy atom. The van der Waals surface area contributed by atoms with Crippen molar-refractivity contribution in [3.05, 3.63) is 28.8 Å². The van der Waals surface area contributed by atoms with E-state index in [2.05, 4.69) is 32.9 Å². The van der Waals surface area contributed by atoms with Gasteiger partial charge in [-0.3, -0.25) is 0 Å². The number of hydrogen-bond acceptors (Lipinski definition) is 2. The summed E-state index contributed by atoms with van der Waals surface area (Å²) >= 11 is 0. The van der Waals surface area contributed by atoms with Crippen LogP contribution in [0.1, 0.15) is 42.5 Å². The van der Waals surface area contributed by atoms with E-state index < -0.39 is 0 Å². The summed E-state index contributed by atoms with van der Waals surface area (Å²) in [5.41, 5.74) is 9.92. The number of nitrogens with two attached hydrogens (primary N) is 1. The molecule has 2 N–H and O–H groups in total. The van der Waals surface area contributed by atoms with Crippen molar-refractivity contribution in [2.75, 3.05) is 0 Å².